The number of fused-ring (bicyclic) bond motifs is 1. The Balaban J connectivity index is 1.51. The number of hydrogen-bond acceptors (Lipinski definition) is 2. The maximum atomic E-state index is 4.68. The van der Waals surface area contributed by atoms with Crippen LogP contribution in [0.3, 0.4) is 0 Å². The van der Waals surface area contributed by atoms with Crippen LogP contribution in [0, 0.1) is 0 Å². The van der Waals surface area contributed by atoms with Gasteiger partial charge in [-0.2, -0.15) is 0 Å². The van der Waals surface area contributed by atoms with Gasteiger partial charge >= 0.3 is 0 Å². The second-order valence-electron chi connectivity index (χ2n) is 6.29. The van der Waals surface area contributed by atoms with E-state index in [0.29, 0.717) is 6.54 Å². The molecular formula is C19H27N5. The number of benzene rings is 1. The van der Waals surface area contributed by atoms with Crippen molar-refractivity contribution in [1.29, 1.82) is 0 Å². The molecule has 24 heavy (non-hydrogen) atoms. The zero-order chi connectivity index (χ0) is 16.8. The van der Waals surface area contributed by atoms with Crippen LogP contribution in [0.1, 0.15) is 37.9 Å². The number of guanidine groups is 1. The Morgan fingerprint density at radius 1 is 1.25 bits per heavy atom. The van der Waals surface area contributed by atoms with Crippen LogP contribution >= 0.6 is 0 Å². The van der Waals surface area contributed by atoms with E-state index in [1.165, 1.54) is 25.7 Å². The van der Waals surface area contributed by atoms with Crippen molar-refractivity contribution >= 4 is 17.0 Å². The molecule has 5 heteroatoms. The number of rotatable bonds is 5. The molecule has 0 aliphatic heterocycles. The average molecular weight is 325 g/mol. The second kappa shape index (κ2) is 7.99. The molecule has 2 N–H and O–H groups in total. The lowest BCUT2D eigenvalue weighted by Crippen LogP contribution is -2.38. The molecule has 0 spiro atoms. The molecule has 0 unspecified atom stereocenters. The monoisotopic (exact) mass is 325 g/mol. The molecule has 1 aromatic carbocycles. The summed E-state index contributed by atoms with van der Waals surface area (Å²) < 4.78 is 2.13. The quantitative estimate of drug-likeness (QED) is 0.504. The van der Waals surface area contributed by atoms with Crippen molar-refractivity contribution in [3.8, 4) is 0 Å². The highest BCUT2D eigenvalue weighted by Crippen LogP contribution is 2.19. The van der Waals surface area contributed by atoms with E-state index in [9.17, 15) is 0 Å². The van der Waals surface area contributed by atoms with Crippen LogP contribution in [0.25, 0.3) is 11.0 Å². The third kappa shape index (κ3) is 3.96. The number of aliphatic imine (C=N–C) groups is 1. The lowest BCUT2D eigenvalue weighted by Gasteiger charge is -2.15. The molecule has 0 saturated heterocycles. The third-order valence-electron chi connectivity index (χ3n) is 4.64. The fourth-order valence-electron chi connectivity index (χ4n) is 3.21. The van der Waals surface area contributed by atoms with Gasteiger partial charge in [0.15, 0.2) is 5.96 Å². The highest BCUT2D eigenvalue weighted by molar-refractivity contribution is 5.80. The van der Waals surface area contributed by atoms with Crippen LogP contribution in [-0.4, -0.2) is 29.1 Å². The summed E-state index contributed by atoms with van der Waals surface area (Å²) in [5, 5.41) is 6.76. The van der Waals surface area contributed by atoms with Crippen LogP contribution in [0.2, 0.25) is 0 Å². The minimum absolute atomic E-state index is 0.660. The lowest BCUT2D eigenvalue weighted by atomic mass is 9.97. The van der Waals surface area contributed by atoms with Crippen LogP contribution in [-0.2, 0) is 13.6 Å². The summed E-state index contributed by atoms with van der Waals surface area (Å²) in [6, 6.07) is 8.20. The van der Waals surface area contributed by atoms with Gasteiger partial charge in [0.05, 0.1) is 17.6 Å². The molecule has 0 radical (unpaired) electrons. The molecular weight excluding hydrogens is 298 g/mol. The first-order valence-electron chi connectivity index (χ1n) is 8.80. The smallest absolute Gasteiger partial charge is 0.191 e. The van der Waals surface area contributed by atoms with E-state index in [0.717, 1.165) is 35.8 Å². The molecule has 1 aromatic heterocycles. The number of allylic oxidation sites excluding steroid dienone is 1. The molecule has 0 atom stereocenters. The van der Waals surface area contributed by atoms with Crippen molar-refractivity contribution in [2.45, 2.75) is 38.6 Å². The molecule has 0 amide bonds. The molecule has 0 saturated carbocycles. The van der Waals surface area contributed by atoms with Crippen molar-refractivity contribution in [3.63, 3.8) is 0 Å². The van der Waals surface area contributed by atoms with Gasteiger partial charge in [-0.1, -0.05) is 23.8 Å². The average Bonchev–Trinajstić information content (AvgIpc) is 2.95. The summed E-state index contributed by atoms with van der Waals surface area (Å²) in [7, 11) is 3.86. The Kier molecular flexibility index (Phi) is 5.51. The van der Waals surface area contributed by atoms with E-state index < -0.39 is 0 Å². The summed E-state index contributed by atoms with van der Waals surface area (Å²) >= 11 is 0. The molecule has 1 heterocycles. The van der Waals surface area contributed by atoms with E-state index in [1.807, 2.05) is 25.2 Å². The first-order chi connectivity index (χ1) is 11.8. The van der Waals surface area contributed by atoms with Crippen molar-refractivity contribution < 1.29 is 0 Å². The minimum Gasteiger partial charge on any atom is -0.356 e. The fraction of sp³-hybridized carbons (Fsp3) is 0.474. The predicted octanol–water partition coefficient (Wildman–Crippen LogP) is 3.13. The molecule has 3 rings (SSSR count). The van der Waals surface area contributed by atoms with E-state index in [-0.39, 0.29) is 0 Å². The van der Waals surface area contributed by atoms with Crippen molar-refractivity contribution in [3.05, 3.63) is 41.7 Å². The highest BCUT2D eigenvalue weighted by Gasteiger charge is 2.08. The lowest BCUT2D eigenvalue weighted by molar-refractivity contribution is 0.663. The second-order valence-corrected chi connectivity index (χ2v) is 6.29. The first kappa shape index (κ1) is 16.6. The maximum absolute atomic E-state index is 4.68. The number of hydrogen-bond donors (Lipinski definition) is 2. The van der Waals surface area contributed by atoms with Crippen molar-refractivity contribution in [1.82, 2.24) is 20.2 Å². The first-order valence-corrected chi connectivity index (χ1v) is 8.80. The number of aryl methyl sites for hydroxylation is 1. The Morgan fingerprint density at radius 3 is 2.88 bits per heavy atom. The number of nitrogens with one attached hydrogen (secondary N) is 2. The summed E-state index contributed by atoms with van der Waals surface area (Å²) in [5.74, 6) is 1.84. The van der Waals surface area contributed by atoms with Crippen LogP contribution in [0.4, 0.5) is 0 Å². The molecule has 1 aliphatic rings. The Morgan fingerprint density at radius 2 is 2.12 bits per heavy atom. The summed E-state index contributed by atoms with van der Waals surface area (Å²) in [6.07, 6.45) is 8.69. The van der Waals surface area contributed by atoms with Crippen LogP contribution in [0.15, 0.2) is 40.9 Å². The van der Waals surface area contributed by atoms with E-state index in [4.69, 9.17) is 0 Å². The normalized spacial score (nSPS) is 15.4. The Hall–Kier alpha value is -2.30. The third-order valence-corrected chi connectivity index (χ3v) is 4.64. The molecule has 128 valence electrons. The molecule has 5 nitrogen and oxygen atoms in total. The van der Waals surface area contributed by atoms with Crippen LogP contribution < -0.4 is 10.6 Å². The molecule has 0 fully saturated rings. The minimum atomic E-state index is 0.660. The van der Waals surface area contributed by atoms with Crippen LogP contribution in [0.5, 0.6) is 0 Å². The van der Waals surface area contributed by atoms with Gasteiger partial charge in [-0.3, -0.25) is 4.99 Å². The molecule has 0 bridgehead atoms. The van der Waals surface area contributed by atoms with Gasteiger partial charge < -0.3 is 15.2 Å². The van der Waals surface area contributed by atoms with Gasteiger partial charge in [-0.15, -0.1) is 0 Å². The summed E-state index contributed by atoms with van der Waals surface area (Å²) in [5.41, 5.74) is 3.77. The topological polar surface area (TPSA) is 54.2 Å². The Labute approximate surface area is 143 Å². The van der Waals surface area contributed by atoms with Gasteiger partial charge in [0.1, 0.15) is 5.82 Å². The van der Waals surface area contributed by atoms with E-state index >= 15 is 0 Å². The largest absolute Gasteiger partial charge is 0.356 e. The standard InChI is InChI=1S/C19H27N5/c1-20-19(21-13-12-15-8-4-3-5-9-15)22-14-18-23-16-10-6-7-11-17(16)24(18)2/h6-8,10-11H,3-5,9,12-14H2,1-2H3,(H2,20,21,22). The fourth-order valence-corrected chi connectivity index (χ4v) is 3.21. The van der Waals surface area contributed by atoms with E-state index in [1.54, 1.807) is 5.57 Å². The SMILES string of the molecule is CN=C(NCCC1=CCCCC1)NCc1nc2ccccc2n1C. The molecule has 1 aliphatic carbocycles. The number of imidazole rings is 1. The number of nitrogens with zero attached hydrogens (tertiary/aromatic N) is 3. The zero-order valence-electron chi connectivity index (χ0n) is 14.7. The maximum Gasteiger partial charge on any atom is 0.191 e. The van der Waals surface area contributed by atoms with E-state index in [2.05, 4.69) is 44.4 Å². The summed E-state index contributed by atoms with van der Waals surface area (Å²) in [4.78, 5) is 8.99. The van der Waals surface area contributed by atoms with Gasteiger partial charge in [0.2, 0.25) is 0 Å². The summed E-state index contributed by atoms with van der Waals surface area (Å²) in [6.45, 7) is 1.58. The van der Waals surface area contributed by atoms with Gasteiger partial charge in [-0.05, 0) is 44.2 Å². The number of para-hydroxylation sites is 2. The Bertz CT molecular complexity index is 741. The highest BCUT2D eigenvalue weighted by atomic mass is 15.2. The zero-order valence-corrected chi connectivity index (χ0v) is 14.7. The molecule has 2 aromatic rings. The predicted molar refractivity (Wildman–Crippen MR) is 100 cm³/mol. The van der Waals surface area contributed by atoms with Crippen molar-refractivity contribution in [2.24, 2.45) is 12.0 Å². The van der Waals surface area contributed by atoms with Gasteiger partial charge in [-0.25, -0.2) is 4.98 Å². The van der Waals surface area contributed by atoms with Gasteiger partial charge in [0, 0.05) is 20.6 Å². The van der Waals surface area contributed by atoms with Crippen molar-refractivity contribution in [2.75, 3.05) is 13.6 Å². The van der Waals surface area contributed by atoms with Gasteiger partial charge in [0.25, 0.3) is 0 Å². The number of aromatic nitrogens is 2.